The van der Waals surface area contributed by atoms with E-state index in [2.05, 4.69) is 170 Å². The van der Waals surface area contributed by atoms with Gasteiger partial charge in [0.1, 0.15) is 0 Å². The molecule has 0 saturated carbocycles. The predicted octanol–water partition coefficient (Wildman–Crippen LogP) is 18.3. The van der Waals surface area contributed by atoms with Crippen LogP contribution in [0.25, 0.3) is 195 Å². The van der Waals surface area contributed by atoms with Crippen molar-refractivity contribution in [3.63, 3.8) is 0 Å². The van der Waals surface area contributed by atoms with Gasteiger partial charge >= 0.3 is 0 Å². The summed E-state index contributed by atoms with van der Waals surface area (Å²) in [4.78, 5) is 0. The zero-order valence-corrected chi connectivity index (χ0v) is 34.2. The quantitative estimate of drug-likeness (QED) is 0.106. The van der Waals surface area contributed by atoms with Gasteiger partial charge in [0, 0.05) is 0 Å². The Kier molecular flexibility index (Phi) is 4.63. The van der Waals surface area contributed by atoms with Crippen LogP contribution in [0.5, 0.6) is 0 Å². The van der Waals surface area contributed by atoms with Gasteiger partial charge in [-0.05, 0) is 220 Å². The van der Waals surface area contributed by atoms with Gasteiger partial charge in [-0.25, -0.2) is 0 Å². The van der Waals surface area contributed by atoms with Crippen LogP contribution in [0, 0.1) is 0 Å². The molecule has 0 aliphatic heterocycles. The minimum Gasteiger partial charge on any atom is -0.0616 e. The molecule has 64 heavy (non-hydrogen) atoms. The Morgan fingerprint density at radius 2 is 0.297 bits per heavy atom. The Morgan fingerprint density at radius 1 is 0.125 bits per heavy atom. The van der Waals surface area contributed by atoms with Crippen LogP contribution in [0.2, 0.25) is 0 Å². The molecule has 2 aliphatic carbocycles. The Morgan fingerprint density at radius 3 is 0.516 bits per heavy atom. The van der Waals surface area contributed by atoms with Crippen molar-refractivity contribution in [1.82, 2.24) is 0 Å². The first-order valence-electron chi connectivity index (χ1n) is 22.7. The van der Waals surface area contributed by atoms with E-state index in [-0.39, 0.29) is 0 Å². The van der Waals surface area contributed by atoms with E-state index in [0.29, 0.717) is 0 Å². The molecule has 0 spiro atoms. The highest BCUT2D eigenvalue weighted by molar-refractivity contribution is 6.48. The van der Waals surface area contributed by atoms with Crippen LogP contribution in [0.3, 0.4) is 0 Å². The molecule has 284 valence electrons. The highest BCUT2D eigenvalue weighted by Gasteiger charge is 2.29. The first kappa shape index (κ1) is 30.7. The number of hydrogen-bond donors (Lipinski definition) is 0. The Hall–Kier alpha value is -8.32. The van der Waals surface area contributed by atoms with Crippen LogP contribution in [-0.2, 0) is 0 Å². The standard InChI is InChI=1S/C64H28/c1-2-6-30-29(5-1)33-9-17-41-49-25-53-45-21-13-37-39-15-23-47-55-27-51-43-19-11-35-31-7-3-4-8-32(31)36-12-20-44(62(43)58(35)36)52(51)28-56(55)48-24-16-40(60(39)64(47)48)38-14-22-46(63(45)59(37)38)54(53)26-50(49)42-18-10-34(30)57(33)61(41)42/h1-28H. The molecule has 2 aliphatic rings. The Labute approximate surface area is 363 Å². The minimum absolute atomic E-state index is 1.36. The lowest BCUT2D eigenvalue weighted by Crippen LogP contribution is -1.87. The maximum Gasteiger partial charge on any atom is -0.00139 e. The SMILES string of the molecule is c1ccc2c(c1)-c1ccc3c4cc5c(cc4c4ccc-2c1c34)c1ccc2c3ccc4c6cc7c(cc6c6ccc(c8ccc5c1c82)c3c64)c1ccc2c3c(ccc7c31)-c1ccccc1-2. The Balaban J connectivity index is 0.878. The molecular weight excluding hydrogens is 769 g/mol. The van der Waals surface area contributed by atoms with Crippen LogP contribution in [0.1, 0.15) is 0 Å². The van der Waals surface area contributed by atoms with Gasteiger partial charge in [-0.3, -0.25) is 0 Å². The summed E-state index contributed by atoms with van der Waals surface area (Å²) in [6.45, 7) is 0. The summed E-state index contributed by atoms with van der Waals surface area (Å²) in [5.41, 5.74) is 10.9. The molecule has 0 saturated heterocycles. The molecule has 0 bridgehead atoms. The lowest BCUT2D eigenvalue weighted by atomic mass is 9.88. The fourth-order valence-electron chi connectivity index (χ4n) is 14.5. The summed E-state index contributed by atoms with van der Waals surface area (Å²) in [6, 6.07) is 66.5. The fourth-order valence-corrected chi connectivity index (χ4v) is 14.5. The second-order valence-electron chi connectivity index (χ2n) is 19.3. The van der Waals surface area contributed by atoms with Gasteiger partial charge in [0.2, 0.25) is 0 Å². The normalized spacial score (nSPS) is 13.6. The van der Waals surface area contributed by atoms with Gasteiger partial charge in [-0.15, -0.1) is 0 Å². The molecule has 0 fully saturated rings. The van der Waals surface area contributed by atoms with E-state index in [1.54, 1.807) is 0 Å². The molecule has 17 aromatic carbocycles. The first-order valence-corrected chi connectivity index (χ1v) is 22.7. The monoisotopic (exact) mass is 796 g/mol. The molecular formula is C64H28. The zero-order valence-electron chi connectivity index (χ0n) is 34.2. The van der Waals surface area contributed by atoms with Crippen molar-refractivity contribution in [1.29, 1.82) is 0 Å². The lowest BCUT2D eigenvalue weighted by Gasteiger charge is -2.15. The molecule has 19 rings (SSSR count). The smallest absolute Gasteiger partial charge is 0.00139 e. The molecule has 0 amide bonds. The van der Waals surface area contributed by atoms with Crippen LogP contribution in [-0.4, -0.2) is 0 Å². The van der Waals surface area contributed by atoms with Gasteiger partial charge in [0.05, 0.1) is 0 Å². The average molecular weight is 797 g/mol. The van der Waals surface area contributed by atoms with Crippen molar-refractivity contribution in [3.8, 4) is 44.5 Å². The summed E-state index contributed by atoms with van der Waals surface area (Å²) in [7, 11) is 0. The molecule has 0 unspecified atom stereocenters. The van der Waals surface area contributed by atoms with Crippen LogP contribution >= 0.6 is 0 Å². The van der Waals surface area contributed by atoms with E-state index in [1.165, 1.54) is 195 Å². The van der Waals surface area contributed by atoms with Crippen molar-refractivity contribution in [2.45, 2.75) is 0 Å². The maximum atomic E-state index is 2.53. The topological polar surface area (TPSA) is 0 Å². The van der Waals surface area contributed by atoms with Gasteiger partial charge in [0.15, 0.2) is 0 Å². The highest BCUT2D eigenvalue weighted by Crippen LogP contribution is 2.57. The van der Waals surface area contributed by atoms with E-state index in [4.69, 9.17) is 0 Å². The summed E-state index contributed by atoms with van der Waals surface area (Å²) in [6.07, 6.45) is 0. The van der Waals surface area contributed by atoms with Crippen molar-refractivity contribution >= 4 is 151 Å². The van der Waals surface area contributed by atoms with E-state index in [9.17, 15) is 0 Å². The number of rotatable bonds is 0. The molecule has 0 nitrogen and oxygen atoms in total. The third kappa shape index (κ3) is 3.03. The van der Waals surface area contributed by atoms with Gasteiger partial charge in [-0.1, -0.05) is 146 Å². The van der Waals surface area contributed by atoms with Crippen molar-refractivity contribution in [3.05, 3.63) is 170 Å². The molecule has 17 aromatic rings. The lowest BCUT2D eigenvalue weighted by molar-refractivity contribution is 1.70. The van der Waals surface area contributed by atoms with E-state index >= 15 is 0 Å². The zero-order chi connectivity index (χ0) is 40.6. The van der Waals surface area contributed by atoms with Crippen molar-refractivity contribution < 1.29 is 0 Å². The summed E-state index contributed by atoms with van der Waals surface area (Å²) >= 11 is 0. The molecule has 0 heteroatoms. The third-order valence-corrected chi connectivity index (χ3v) is 16.9. The minimum atomic E-state index is 1.36. The number of benzene rings is 13. The van der Waals surface area contributed by atoms with Gasteiger partial charge in [0.25, 0.3) is 0 Å². The second kappa shape index (κ2) is 9.67. The summed E-state index contributed by atoms with van der Waals surface area (Å²) < 4.78 is 0. The molecule has 0 atom stereocenters. The largest absolute Gasteiger partial charge is 0.0616 e. The van der Waals surface area contributed by atoms with Crippen molar-refractivity contribution in [2.75, 3.05) is 0 Å². The Bertz CT molecular complexity index is 4480. The van der Waals surface area contributed by atoms with Crippen molar-refractivity contribution in [2.24, 2.45) is 0 Å². The van der Waals surface area contributed by atoms with E-state index in [1.807, 2.05) is 0 Å². The summed E-state index contributed by atoms with van der Waals surface area (Å²) in [5.74, 6) is 0. The maximum absolute atomic E-state index is 2.53. The first-order chi connectivity index (χ1) is 31.8. The number of hydrogen-bond acceptors (Lipinski definition) is 0. The molecule has 0 heterocycles. The van der Waals surface area contributed by atoms with E-state index < -0.39 is 0 Å². The molecule has 0 radical (unpaired) electrons. The van der Waals surface area contributed by atoms with E-state index in [0.717, 1.165) is 0 Å². The van der Waals surface area contributed by atoms with Gasteiger partial charge in [-0.2, -0.15) is 0 Å². The van der Waals surface area contributed by atoms with Gasteiger partial charge < -0.3 is 0 Å². The van der Waals surface area contributed by atoms with Crippen LogP contribution < -0.4 is 0 Å². The third-order valence-electron chi connectivity index (χ3n) is 16.9. The molecule has 0 N–H and O–H groups in total. The number of fused-ring (bicyclic) bond motifs is 20. The second-order valence-corrected chi connectivity index (χ2v) is 19.3. The molecule has 0 aromatic heterocycles. The summed E-state index contributed by atoms with van der Waals surface area (Å²) in [5, 5.41) is 38.6. The average Bonchev–Trinajstić information content (AvgIpc) is 4.17. The fraction of sp³-hybridized carbons (Fsp3) is 0. The predicted molar refractivity (Wildman–Crippen MR) is 276 cm³/mol. The van der Waals surface area contributed by atoms with Crippen LogP contribution in [0.15, 0.2) is 170 Å². The van der Waals surface area contributed by atoms with Crippen LogP contribution in [0.4, 0.5) is 0 Å². The highest BCUT2D eigenvalue weighted by atomic mass is 14.3.